The van der Waals surface area contributed by atoms with Crippen LogP contribution < -0.4 is 10.1 Å². The van der Waals surface area contributed by atoms with Crippen LogP contribution in [0.2, 0.25) is 0 Å². The third kappa shape index (κ3) is 3.91. The molecule has 1 aromatic heterocycles. The number of amides is 1. The van der Waals surface area contributed by atoms with Crippen LogP contribution in [0.4, 0.5) is 5.69 Å². The lowest BCUT2D eigenvalue weighted by Crippen LogP contribution is -2.45. The Balaban J connectivity index is 1.62. The zero-order valence-electron chi connectivity index (χ0n) is 19.3. The van der Waals surface area contributed by atoms with Gasteiger partial charge in [-0.3, -0.25) is 9.69 Å². The number of hydrogen-bond acceptors (Lipinski definition) is 5. The maximum absolute atomic E-state index is 13.3. The number of rotatable bonds is 5. The van der Waals surface area contributed by atoms with Crippen molar-refractivity contribution in [2.45, 2.75) is 59.0 Å². The van der Waals surface area contributed by atoms with Gasteiger partial charge in [-0.25, -0.2) is 4.79 Å². The third-order valence-electron chi connectivity index (χ3n) is 6.98. The summed E-state index contributed by atoms with van der Waals surface area (Å²) in [5.74, 6) is 0.0249. The van der Waals surface area contributed by atoms with Crippen molar-refractivity contribution in [1.82, 2.24) is 9.88 Å². The summed E-state index contributed by atoms with van der Waals surface area (Å²) in [6, 6.07) is 5.55. The van der Waals surface area contributed by atoms with Gasteiger partial charge in [0.25, 0.3) is 0 Å². The number of aromatic amines is 1. The Morgan fingerprint density at radius 1 is 1.23 bits per heavy atom. The highest BCUT2D eigenvalue weighted by atomic mass is 16.5. The van der Waals surface area contributed by atoms with E-state index in [1.54, 1.807) is 13.2 Å². The number of likely N-dealkylation sites (tertiary alicyclic amines) is 1. The number of fused-ring (bicyclic) bond motifs is 3. The smallest absolute Gasteiger partial charge is 0.356 e. The lowest BCUT2D eigenvalue weighted by atomic mass is 9.65. The Kier molecular flexibility index (Phi) is 5.28. The predicted molar refractivity (Wildman–Crippen MR) is 121 cm³/mol. The fraction of sp³-hybridized carbons (Fsp3) is 0.583. The second-order valence-electron chi connectivity index (χ2n) is 10.3. The van der Waals surface area contributed by atoms with E-state index in [0.717, 1.165) is 24.8 Å². The first-order chi connectivity index (χ1) is 14.6. The number of H-pyrrole nitrogens is 1. The van der Waals surface area contributed by atoms with Gasteiger partial charge in [0.2, 0.25) is 5.91 Å². The lowest BCUT2D eigenvalue weighted by Gasteiger charge is -2.40. The summed E-state index contributed by atoms with van der Waals surface area (Å²) in [4.78, 5) is 31.1. The van der Waals surface area contributed by atoms with Crippen molar-refractivity contribution in [3.63, 3.8) is 0 Å². The van der Waals surface area contributed by atoms with Crippen molar-refractivity contribution < 1.29 is 19.1 Å². The average Bonchev–Trinajstić information content (AvgIpc) is 3.19. The number of ether oxygens (including phenoxy) is 2. The first kappa shape index (κ1) is 21.7. The summed E-state index contributed by atoms with van der Waals surface area (Å²) >= 11 is 0. The summed E-state index contributed by atoms with van der Waals surface area (Å²) in [6.07, 6.45) is 3.41. The summed E-state index contributed by atoms with van der Waals surface area (Å²) < 4.78 is 10.2. The van der Waals surface area contributed by atoms with E-state index in [1.807, 2.05) is 19.1 Å². The second kappa shape index (κ2) is 7.55. The minimum atomic E-state index is -0.524. The Morgan fingerprint density at radius 3 is 2.65 bits per heavy atom. The molecule has 4 rings (SSSR count). The largest absolute Gasteiger partial charge is 0.497 e. The molecular weight excluding hydrogens is 394 g/mol. The monoisotopic (exact) mass is 427 g/mol. The number of nitrogens with zero attached hydrogens (tertiary/aromatic N) is 1. The normalized spacial score (nSPS) is 25.9. The van der Waals surface area contributed by atoms with Gasteiger partial charge in [-0.15, -0.1) is 0 Å². The van der Waals surface area contributed by atoms with Crippen LogP contribution in [-0.4, -0.2) is 54.6 Å². The van der Waals surface area contributed by atoms with Gasteiger partial charge in [-0.1, -0.05) is 20.8 Å². The van der Waals surface area contributed by atoms with Crippen molar-refractivity contribution >= 4 is 28.5 Å². The van der Waals surface area contributed by atoms with Crippen molar-refractivity contribution in [3.05, 3.63) is 23.9 Å². The van der Waals surface area contributed by atoms with E-state index in [2.05, 4.69) is 36.0 Å². The standard InChI is InChI=1S/C24H33N3O4/c1-14(27-13-24(4)11-15(27)10-23(2,3)12-24)21(28)26-19-17-8-7-16(30-5)9-18(17)25-20(19)22(29)31-6/h7-9,14-15,25H,10-13H2,1-6H3,(H,26,28)/t14-,15-,24+/m1/s1. The summed E-state index contributed by atoms with van der Waals surface area (Å²) in [5.41, 5.74) is 1.93. The van der Waals surface area contributed by atoms with Gasteiger partial charge >= 0.3 is 5.97 Å². The predicted octanol–water partition coefficient (Wildman–Crippen LogP) is 4.19. The highest BCUT2D eigenvalue weighted by Crippen LogP contribution is 2.53. The van der Waals surface area contributed by atoms with E-state index >= 15 is 0 Å². The maximum Gasteiger partial charge on any atom is 0.356 e. The molecule has 31 heavy (non-hydrogen) atoms. The number of carbonyl (C=O) groups excluding carboxylic acids is 2. The Labute approximate surface area is 183 Å². The molecule has 0 spiro atoms. The maximum atomic E-state index is 13.3. The number of esters is 1. The first-order valence-corrected chi connectivity index (χ1v) is 10.9. The molecule has 0 radical (unpaired) electrons. The van der Waals surface area contributed by atoms with E-state index < -0.39 is 5.97 Å². The van der Waals surface area contributed by atoms with E-state index in [-0.39, 0.29) is 28.5 Å². The molecule has 2 aliphatic rings. The molecule has 2 aromatic rings. The molecule has 2 bridgehead atoms. The fourth-order valence-corrected chi connectivity index (χ4v) is 6.02. The summed E-state index contributed by atoms with van der Waals surface area (Å²) in [6.45, 7) is 9.88. The molecular formula is C24H33N3O4. The first-order valence-electron chi connectivity index (χ1n) is 10.9. The van der Waals surface area contributed by atoms with Gasteiger partial charge in [-0.05, 0) is 49.1 Å². The van der Waals surface area contributed by atoms with E-state index in [9.17, 15) is 9.59 Å². The third-order valence-corrected chi connectivity index (χ3v) is 6.98. The number of hydrogen-bond donors (Lipinski definition) is 2. The number of aromatic nitrogens is 1. The van der Waals surface area contributed by atoms with Gasteiger partial charge in [0.05, 0.1) is 31.5 Å². The number of benzene rings is 1. The molecule has 1 aromatic carbocycles. The van der Waals surface area contributed by atoms with Crippen LogP contribution in [0.1, 0.15) is 57.4 Å². The van der Waals surface area contributed by atoms with Crippen LogP contribution in [0, 0.1) is 10.8 Å². The average molecular weight is 428 g/mol. The Morgan fingerprint density at radius 2 is 1.97 bits per heavy atom. The quantitative estimate of drug-likeness (QED) is 0.699. The van der Waals surface area contributed by atoms with Crippen LogP contribution in [0.3, 0.4) is 0 Å². The zero-order chi connectivity index (χ0) is 22.6. The summed E-state index contributed by atoms with van der Waals surface area (Å²) in [5, 5.41) is 3.77. The number of methoxy groups -OCH3 is 2. The van der Waals surface area contributed by atoms with Crippen LogP contribution >= 0.6 is 0 Å². The SMILES string of the molecule is COC(=O)c1[nH]c2cc(OC)ccc2c1NC(=O)[C@@H](C)N1C[C@@]2(C)C[C@H]1CC(C)(C)C2. The molecule has 1 saturated heterocycles. The Hall–Kier alpha value is -2.54. The fourth-order valence-electron chi connectivity index (χ4n) is 6.02. The van der Waals surface area contributed by atoms with E-state index in [0.29, 0.717) is 23.0 Å². The van der Waals surface area contributed by atoms with Gasteiger partial charge in [0, 0.05) is 24.0 Å². The van der Waals surface area contributed by atoms with Crippen LogP contribution in [0.5, 0.6) is 5.75 Å². The molecule has 3 atom stereocenters. The summed E-state index contributed by atoms with van der Waals surface area (Å²) in [7, 11) is 2.92. The molecule has 1 amide bonds. The number of nitrogens with one attached hydrogen (secondary N) is 2. The molecule has 0 unspecified atom stereocenters. The molecule has 168 valence electrons. The lowest BCUT2D eigenvalue weighted by molar-refractivity contribution is -0.121. The molecule has 2 heterocycles. The molecule has 2 fully saturated rings. The topological polar surface area (TPSA) is 83.7 Å². The molecule has 1 saturated carbocycles. The van der Waals surface area contributed by atoms with E-state index in [1.165, 1.54) is 13.5 Å². The molecule has 1 aliphatic carbocycles. The minimum Gasteiger partial charge on any atom is -0.497 e. The molecule has 7 heteroatoms. The van der Waals surface area contributed by atoms with Crippen LogP contribution in [0.15, 0.2) is 18.2 Å². The highest BCUT2D eigenvalue weighted by molar-refractivity contribution is 6.11. The second-order valence-corrected chi connectivity index (χ2v) is 10.3. The van der Waals surface area contributed by atoms with Gasteiger partial charge in [-0.2, -0.15) is 0 Å². The molecule has 2 N–H and O–H groups in total. The number of carbonyl (C=O) groups is 2. The van der Waals surface area contributed by atoms with Gasteiger partial charge in [0.15, 0.2) is 0 Å². The van der Waals surface area contributed by atoms with E-state index in [4.69, 9.17) is 9.47 Å². The minimum absolute atomic E-state index is 0.115. The Bertz CT molecular complexity index is 1030. The highest BCUT2D eigenvalue weighted by Gasteiger charge is 2.51. The van der Waals surface area contributed by atoms with Crippen molar-refractivity contribution in [2.24, 2.45) is 10.8 Å². The van der Waals surface area contributed by atoms with Crippen molar-refractivity contribution in [2.75, 3.05) is 26.1 Å². The molecule has 1 aliphatic heterocycles. The van der Waals surface area contributed by atoms with Crippen molar-refractivity contribution in [1.29, 1.82) is 0 Å². The van der Waals surface area contributed by atoms with Gasteiger partial charge < -0.3 is 19.8 Å². The van der Waals surface area contributed by atoms with Gasteiger partial charge in [0.1, 0.15) is 11.4 Å². The zero-order valence-corrected chi connectivity index (χ0v) is 19.3. The van der Waals surface area contributed by atoms with Crippen LogP contribution in [0.25, 0.3) is 10.9 Å². The van der Waals surface area contributed by atoms with Crippen molar-refractivity contribution in [3.8, 4) is 5.75 Å². The van der Waals surface area contributed by atoms with Crippen LogP contribution in [-0.2, 0) is 9.53 Å². The number of anilines is 1. The molecule has 7 nitrogen and oxygen atoms in total.